The van der Waals surface area contributed by atoms with Gasteiger partial charge in [0, 0.05) is 28.4 Å². The molecule has 1 amide bonds. The third-order valence-corrected chi connectivity index (χ3v) is 4.34. The second-order valence-electron chi connectivity index (χ2n) is 5.37. The summed E-state index contributed by atoms with van der Waals surface area (Å²) in [6.45, 7) is 0.263. The van der Waals surface area contributed by atoms with Crippen molar-refractivity contribution < 1.29 is 18.3 Å². The number of rotatable bonds is 5. The van der Waals surface area contributed by atoms with E-state index in [1.807, 2.05) is 22.6 Å². The van der Waals surface area contributed by atoms with Gasteiger partial charge in [-0.1, -0.05) is 12.1 Å². The first-order valence-electron chi connectivity index (χ1n) is 7.63. The molecule has 0 spiro atoms. The van der Waals surface area contributed by atoms with Gasteiger partial charge in [0.15, 0.2) is 0 Å². The maximum Gasteiger partial charge on any atom is 0.252 e. The van der Waals surface area contributed by atoms with Gasteiger partial charge in [-0.25, -0.2) is 13.8 Å². The van der Waals surface area contributed by atoms with E-state index >= 15 is 0 Å². The Morgan fingerprint density at radius 1 is 1.08 bits per heavy atom. The third kappa shape index (κ3) is 4.75. The fourth-order valence-corrected chi connectivity index (χ4v) is 2.90. The van der Waals surface area contributed by atoms with Crippen LogP contribution in [0.25, 0.3) is 0 Å². The lowest BCUT2D eigenvalue weighted by molar-refractivity contribution is 0.0950. The van der Waals surface area contributed by atoms with Crippen molar-refractivity contribution in [3.05, 3.63) is 87.1 Å². The average molecular weight is 466 g/mol. The van der Waals surface area contributed by atoms with Crippen LogP contribution in [0.4, 0.5) is 8.78 Å². The molecule has 7 heteroatoms. The number of carbonyl (C=O) groups is 1. The smallest absolute Gasteiger partial charge is 0.252 e. The Balaban J connectivity index is 1.60. The number of ether oxygens (including phenoxy) is 1. The number of benzene rings is 2. The molecule has 0 saturated heterocycles. The van der Waals surface area contributed by atoms with Crippen LogP contribution in [0.15, 0.2) is 60.8 Å². The van der Waals surface area contributed by atoms with Gasteiger partial charge in [-0.15, -0.1) is 0 Å². The minimum Gasteiger partial charge on any atom is -0.439 e. The van der Waals surface area contributed by atoms with Crippen LogP contribution >= 0.6 is 22.6 Å². The second kappa shape index (κ2) is 8.22. The fraction of sp³-hybridized carbons (Fsp3) is 0.0526. The summed E-state index contributed by atoms with van der Waals surface area (Å²) in [5.74, 6) is -0.404. The molecule has 0 aliphatic carbocycles. The minimum absolute atomic E-state index is 0.263. The van der Waals surface area contributed by atoms with Gasteiger partial charge in [0.25, 0.3) is 5.91 Å². The SMILES string of the molecule is O=C(NCc1ccc(Oc2cccc(F)c2)nc1)c1ccc(F)cc1I. The van der Waals surface area contributed by atoms with Crippen molar-refractivity contribution >= 4 is 28.5 Å². The Kier molecular flexibility index (Phi) is 5.77. The summed E-state index contributed by atoms with van der Waals surface area (Å²) >= 11 is 1.92. The highest BCUT2D eigenvalue weighted by Crippen LogP contribution is 2.20. The van der Waals surface area contributed by atoms with Gasteiger partial charge in [-0.2, -0.15) is 0 Å². The number of halogens is 3. The summed E-state index contributed by atoms with van der Waals surface area (Å²) in [7, 11) is 0. The number of hydrogen-bond donors (Lipinski definition) is 1. The average Bonchev–Trinajstić information content (AvgIpc) is 2.61. The van der Waals surface area contributed by atoms with Crippen LogP contribution in [0.2, 0.25) is 0 Å². The largest absolute Gasteiger partial charge is 0.439 e. The Labute approximate surface area is 162 Å². The Bertz CT molecular complexity index is 933. The van der Waals surface area contributed by atoms with Crippen LogP contribution in [-0.2, 0) is 6.54 Å². The topological polar surface area (TPSA) is 51.2 Å². The zero-order chi connectivity index (χ0) is 18.5. The second-order valence-corrected chi connectivity index (χ2v) is 6.53. The summed E-state index contributed by atoms with van der Waals surface area (Å²) in [4.78, 5) is 16.3. The van der Waals surface area contributed by atoms with E-state index in [0.29, 0.717) is 20.8 Å². The van der Waals surface area contributed by atoms with Crippen LogP contribution in [-0.4, -0.2) is 10.9 Å². The van der Waals surface area contributed by atoms with E-state index in [1.165, 1.54) is 30.3 Å². The molecule has 0 saturated carbocycles. The van der Waals surface area contributed by atoms with Gasteiger partial charge in [0.1, 0.15) is 17.4 Å². The molecule has 4 nitrogen and oxygen atoms in total. The first-order chi connectivity index (χ1) is 12.5. The predicted molar refractivity (Wildman–Crippen MR) is 101 cm³/mol. The van der Waals surface area contributed by atoms with Gasteiger partial charge in [0.2, 0.25) is 5.88 Å². The molecule has 0 radical (unpaired) electrons. The van der Waals surface area contributed by atoms with Gasteiger partial charge >= 0.3 is 0 Å². The predicted octanol–water partition coefficient (Wildman–Crippen LogP) is 4.69. The molecule has 1 heterocycles. The van der Waals surface area contributed by atoms with Crippen molar-refractivity contribution in [1.82, 2.24) is 10.3 Å². The number of hydrogen-bond acceptors (Lipinski definition) is 3. The van der Waals surface area contributed by atoms with E-state index in [2.05, 4.69) is 10.3 Å². The molecule has 1 aromatic heterocycles. The summed E-state index contributed by atoms with van der Waals surface area (Å²) in [6.07, 6.45) is 1.56. The Hall–Kier alpha value is -2.55. The zero-order valence-electron chi connectivity index (χ0n) is 13.4. The molecule has 1 N–H and O–H groups in total. The first kappa shape index (κ1) is 18.2. The van der Waals surface area contributed by atoms with Crippen molar-refractivity contribution in [2.24, 2.45) is 0 Å². The van der Waals surface area contributed by atoms with Crippen molar-refractivity contribution in [3.63, 3.8) is 0 Å². The monoisotopic (exact) mass is 466 g/mol. The standard InChI is InChI=1S/C19H13F2IN2O2/c20-13-2-1-3-15(8-13)26-18-7-4-12(10-23-18)11-24-19(25)16-6-5-14(21)9-17(16)22/h1-10H,11H2,(H,24,25). The third-order valence-electron chi connectivity index (χ3n) is 3.44. The summed E-state index contributed by atoms with van der Waals surface area (Å²) in [6, 6.07) is 13.1. The molecule has 2 aromatic carbocycles. The van der Waals surface area contributed by atoms with Crippen LogP contribution in [0, 0.1) is 15.2 Å². The lowest BCUT2D eigenvalue weighted by Gasteiger charge is -2.08. The van der Waals surface area contributed by atoms with E-state index in [-0.39, 0.29) is 18.3 Å². The molecular formula is C19H13F2IN2O2. The number of aromatic nitrogens is 1. The lowest BCUT2D eigenvalue weighted by Crippen LogP contribution is -2.23. The maximum atomic E-state index is 13.1. The van der Waals surface area contributed by atoms with E-state index in [9.17, 15) is 13.6 Å². The molecule has 26 heavy (non-hydrogen) atoms. The Morgan fingerprint density at radius 3 is 2.58 bits per heavy atom. The van der Waals surface area contributed by atoms with E-state index in [0.717, 1.165) is 5.56 Å². The molecule has 0 aliphatic heterocycles. The van der Waals surface area contributed by atoms with Crippen molar-refractivity contribution in [2.45, 2.75) is 6.54 Å². The molecule has 0 unspecified atom stereocenters. The van der Waals surface area contributed by atoms with Gasteiger partial charge < -0.3 is 10.1 Å². The molecule has 0 aliphatic rings. The molecule has 132 valence electrons. The number of nitrogens with one attached hydrogen (secondary N) is 1. The fourth-order valence-electron chi connectivity index (χ4n) is 2.18. The van der Waals surface area contributed by atoms with Gasteiger partial charge in [-0.05, 0) is 58.5 Å². The van der Waals surface area contributed by atoms with Crippen LogP contribution in [0.5, 0.6) is 11.6 Å². The van der Waals surface area contributed by atoms with Crippen LogP contribution in [0.1, 0.15) is 15.9 Å². The highest BCUT2D eigenvalue weighted by atomic mass is 127. The summed E-state index contributed by atoms with van der Waals surface area (Å²) < 4.78 is 32.2. The van der Waals surface area contributed by atoms with Crippen LogP contribution in [0.3, 0.4) is 0 Å². The minimum atomic E-state index is -0.391. The normalized spacial score (nSPS) is 10.4. The van der Waals surface area contributed by atoms with E-state index in [4.69, 9.17) is 4.74 Å². The summed E-state index contributed by atoms with van der Waals surface area (Å²) in [5.41, 5.74) is 1.17. The molecule has 3 rings (SSSR count). The quantitative estimate of drug-likeness (QED) is 0.556. The van der Waals surface area contributed by atoms with Crippen molar-refractivity contribution in [3.8, 4) is 11.6 Å². The Morgan fingerprint density at radius 2 is 1.88 bits per heavy atom. The number of amides is 1. The highest BCUT2D eigenvalue weighted by molar-refractivity contribution is 14.1. The number of pyridine rings is 1. The molecular weight excluding hydrogens is 453 g/mol. The van der Waals surface area contributed by atoms with Crippen molar-refractivity contribution in [2.75, 3.05) is 0 Å². The number of carbonyl (C=O) groups excluding carboxylic acids is 1. The van der Waals surface area contributed by atoms with E-state index in [1.54, 1.807) is 30.5 Å². The molecule has 0 fully saturated rings. The van der Waals surface area contributed by atoms with E-state index < -0.39 is 5.82 Å². The number of nitrogens with zero attached hydrogens (tertiary/aromatic N) is 1. The van der Waals surface area contributed by atoms with Gasteiger partial charge in [0.05, 0.1) is 5.56 Å². The first-order valence-corrected chi connectivity index (χ1v) is 8.71. The molecule has 0 atom stereocenters. The molecule has 3 aromatic rings. The zero-order valence-corrected chi connectivity index (χ0v) is 15.5. The highest BCUT2D eigenvalue weighted by Gasteiger charge is 2.10. The lowest BCUT2D eigenvalue weighted by atomic mass is 10.2. The van der Waals surface area contributed by atoms with Crippen molar-refractivity contribution in [1.29, 1.82) is 0 Å². The van der Waals surface area contributed by atoms with Gasteiger partial charge in [-0.3, -0.25) is 4.79 Å². The maximum absolute atomic E-state index is 13.1. The molecule has 0 bridgehead atoms. The van der Waals surface area contributed by atoms with Crippen LogP contribution < -0.4 is 10.1 Å². The summed E-state index contributed by atoms with van der Waals surface area (Å²) in [5, 5.41) is 2.76.